The molecular weight excluding hydrogens is 232 g/mol. The van der Waals surface area contributed by atoms with Crippen molar-refractivity contribution in [3.05, 3.63) is 35.4 Å². The van der Waals surface area contributed by atoms with Gasteiger partial charge in [-0.2, -0.15) is 0 Å². The Labute approximate surface area is 118 Å². The molecule has 0 heterocycles. The average molecular weight is 262 g/mol. The monoisotopic (exact) mass is 262 g/mol. The summed E-state index contributed by atoms with van der Waals surface area (Å²) in [6.45, 7) is 13.5. The van der Waals surface area contributed by atoms with Gasteiger partial charge in [0.1, 0.15) is 0 Å². The van der Waals surface area contributed by atoms with Crippen LogP contribution in [0.5, 0.6) is 0 Å². The third-order valence-corrected chi connectivity index (χ3v) is 4.32. The van der Waals surface area contributed by atoms with E-state index in [4.69, 9.17) is 5.84 Å². The second kappa shape index (κ2) is 6.06. The molecule has 3 N–H and O–H groups in total. The van der Waals surface area contributed by atoms with Gasteiger partial charge in [-0.05, 0) is 34.8 Å². The highest BCUT2D eigenvalue weighted by Crippen LogP contribution is 2.28. The molecule has 0 aliphatic carbocycles. The molecule has 0 saturated heterocycles. The van der Waals surface area contributed by atoms with Crippen LogP contribution >= 0.6 is 0 Å². The van der Waals surface area contributed by atoms with E-state index in [1.807, 2.05) is 0 Å². The van der Waals surface area contributed by atoms with Gasteiger partial charge >= 0.3 is 0 Å². The van der Waals surface area contributed by atoms with E-state index in [1.54, 1.807) is 0 Å². The lowest BCUT2D eigenvalue weighted by atomic mass is 9.79. The number of rotatable bonds is 5. The number of benzene rings is 1. The van der Waals surface area contributed by atoms with Gasteiger partial charge in [0.05, 0.1) is 0 Å². The Hall–Kier alpha value is -0.860. The highest BCUT2D eigenvalue weighted by molar-refractivity contribution is 5.28. The van der Waals surface area contributed by atoms with E-state index in [2.05, 4.69) is 71.2 Å². The molecule has 0 fully saturated rings. The number of nitrogens with one attached hydrogen (secondary N) is 1. The second-order valence-corrected chi connectivity index (χ2v) is 7.21. The van der Waals surface area contributed by atoms with Crippen molar-refractivity contribution in [2.75, 3.05) is 0 Å². The van der Waals surface area contributed by atoms with E-state index in [9.17, 15) is 0 Å². The summed E-state index contributed by atoms with van der Waals surface area (Å²) in [5.41, 5.74) is 6.13. The SMILES string of the molecule is CCC(C)(C)C(Cc1ccc(C(C)(C)C)cc1)NN. The first-order valence-electron chi connectivity index (χ1n) is 7.26. The van der Waals surface area contributed by atoms with Crippen molar-refractivity contribution in [2.24, 2.45) is 11.3 Å². The fourth-order valence-electron chi connectivity index (χ4n) is 2.18. The lowest BCUT2D eigenvalue weighted by molar-refractivity contribution is 0.231. The van der Waals surface area contributed by atoms with Gasteiger partial charge in [-0.25, -0.2) is 0 Å². The van der Waals surface area contributed by atoms with Gasteiger partial charge < -0.3 is 0 Å². The summed E-state index contributed by atoms with van der Waals surface area (Å²) in [7, 11) is 0. The summed E-state index contributed by atoms with van der Waals surface area (Å²) in [5.74, 6) is 5.73. The maximum atomic E-state index is 5.73. The molecule has 0 amide bonds. The molecule has 108 valence electrons. The van der Waals surface area contributed by atoms with Crippen molar-refractivity contribution in [2.45, 2.75) is 65.8 Å². The Morgan fingerprint density at radius 2 is 1.58 bits per heavy atom. The quantitative estimate of drug-likeness (QED) is 0.626. The second-order valence-electron chi connectivity index (χ2n) is 7.21. The maximum absolute atomic E-state index is 5.73. The third kappa shape index (κ3) is 4.32. The molecule has 1 atom stereocenters. The zero-order valence-corrected chi connectivity index (χ0v) is 13.4. The average Bonchev–Trinajstić information content (AvgIpc) is 2.35. The zero-order valence-electron chi connectivity index (χ0n) is 13.4. The highest BCUT2D eigenvalue weighted by atomic mass is 15.2. The first-order valence-corrected chi connectivity index (χ1v) is 7.26. The van der Waals surface area contributed by atoms with Crippen molar-refractivity contribution in [1.29, 1.82) is 0 Å². The molecule has 0 spiro atoms. The van der Waals surface area contributed by atoms with Gasteiger partial charge in [0, 0.05) is 6.04 Å². The lowest BCUT2D eigenvalue weighted by Gasteiger charge is -2.33. The molecule has 1 rings (SSSR count). The summed E-state index contributed by atoms with van der Waals surface area (Å²) < 4.78 is 0. The van der Waals surface area contributed by atoms with Crippen molar-refractivity contribution < 1.29 is 0 Å². The number of hydrazine groups is 1. The van der Waals surface area contributed by atoms with Gasteiger partial charge in [0.15, 0.2) is 0 Å². The van der Waals surface area contributed by atoms with Crippen LogP contribution in [0.1, 0.15) is 59.1 Å². The molecule has 19 heavy (non-hydrogen) atoms. The Morgan fingerprint density at radius 1 is 1.05 bits per heavy atom. The summed E-state index contributed by atoms with van der Waals surface area (Å²) >= 11 is 0. The standard InChI is InChI=1S/C17H30N2/c1-7-17(5,6)15(19-18)12-13-8-10-14(11-9-13)16(2,3)4/h8-11,15,19H,7,12,18H2,1-6H3. The van der Waals surface area contributed by atoms with Crippen LogP contribution in [0, 0.1) is 5.41 Å². The largest absolute Gasteiger partial charge is 0.271 e. The molecule has 0 aromatic heterocycles. The summed E-state index contributed by atoms with van der Waals surface area (Å²) in [6.07, 6.45) is 2.09. The van der Waals surface area contributed by atoms with Crippen LogP contribution in [0.3, 0.4) is 0 Å². The lowest BCUT2D eigenvalue weighted by Crippen LogP contribution is -2.46. The fraction of sp³-hybridized carbons (Fsp3) is 0.647. The first-order chi connectivity index (χ1) is 8.70. The molecule has 0 aliphatic heterocycles. The van der Waals surface area contributed by atoms with E-state index in [0.717, 1.165) is 12.8 Å². The molecular formula is C17H30N2. The number of hydrogen-bond donors (Lipinski definition) is 2. The van der Waals surface area contributed by atoms with Gasteiger partial charge in [-0.1, -0.05) is 65.8 Å². The van der Waals surface area contributed by atoms with Gasteiger partial charge in [0.25, 0.3) is 0 Å². The van der Waals surface area contributed by atoms with Crippen LogP contribution in [0.4, 0.5) is 0 Å². The maximum Gasteiger partial charge on any atom is 0.0301 e. The Morgan fingerprint density at radius 3 is 1.95 bits per heavy atom. The molecule has 0 bridgehead atoms. The van der Waals surface area contributed by atoms with E-state index in [0.29, 0.717) is 6.04 Å². The van der Waals surface area contributed by atoms with Crippen LogP contribution in [0.25, 0.3) is 0 Å². The molecule has 1 unspecified atom stereocenters. The van der Waals surface area contributed by atoms with Crippen molar-refractivity contribution in [1.82, 2.24) is 5.43 Å². The highest BCUT2D eigenvalue weighted by Gasteiger charge is 2.26. The van der Waals surface area contributed by atoms with E-state index in [-0.39, 0.29) is 10.8 Å². The third-order valence-electron chi connectivity index (χ3n) is 4.32. The fourth-order valence-corrected chi connectivity index (χ4v) is 2.18. The summed E-state index contributed by atoms with van der Waals surface area (Å²) in [6, 6.07) is 9.25. The molecule has 2 heteroatoms. The van der Waals surface area contributed by atoms with Gasteiger partial charge in [0.2, 0.25) is 0 Å². The van der Waals surface area contributed by atoms with Gasteiger partial charge in [-0.3, -0.25) is 11.3 Å². The molecule has 0 aliphatic rings. The van der Waals surface area contributed by atoms with Gasteiger partial charge in [-0.15, -0.1) is 0 Å². The minimum Gasteiger partial charge on any atom is -0.271 e. The topological polar surface area (TPSA) is 38.0 Å². The van der Waals surface area contributed by atoms with E-state index >= 15 is 0 Å². The Balaban J connectivity index is 2.82. The molecule has 2 nitrogen and oxygen atoms in total. The van der Waals surface area contributed by atoms with Crippen molar-refractivity contribution in [3.8, 4) is 0 Å². The predicted octanol–water partition coefficient (Wildman–Crippen LogP) is 3.79. The Bertz CT molecular complexity index is 385. The Kier molecular flexibility index (Phi) is 5.17. The van der Waals surface area contributed by atoms with Crippen LogP contribution in [-0.2, 0) is 11.8 Å². The molecule has 0 saturated carbocycles. The number of hydrogen-bond acceptors (Lipinski definition) is 2. The summed E-state index contributed by atoms with van der Waals surface area (Å²) in [4.78, 5) is 0. The molecule has 0 radical (unpaired) electrons. The molecule has 1 aromatic carbocycles. The molecule has 1 aromatic rings. The van der Waals surface area contributed by atoms with E-state index in [1.165, 1.54) is 11.1 Å². The van der Waals surface area contributed by atoms with Crippen LogP contribution in [0.2, 0.25) is 0 Å². The van der Waals surface area contributed by atoms with Crippen LogP contribution < -0.4 is 11.3 Å². The number of nitrogens with two attached hydrogens (primary N) is 1. The van der Waals surface area contributed by atoms with Crippen LogP contribution in [-0.4, -0.2) is 6.04 Å². The smallest absolute Gasteiger partial charge is 0.0301 e. The van der Waals surface area contributed by atoms with E-state index < -0.39 is 0 Å². The minimum atomic E-state index is 0.206. The van der Waals surface area contributed by atoms with Crippen LogP contribution in [0.15, 0.2) is 24.3 Å². The van der Waals surface area contributed by atoms with Crippen molar-refractivity contribution >= 4 is 0 Å². The minimum absolute atomic E-state index is 0.206. The summed E-state index contributed by atoms with van der Waals surface area (Å²) in [5, 5.41) is 0. The predicted molar refractivity (Wildman–Crippen MR) is 84.0 cm³/mol. The first kappa shape index (κ1) is 16.2. The zero-order chi connectivity index (χ0) is 14.7. The van der Waals surface area contributed by atoms with Crippen molar-refractivity contribution in [3.63, 3.8) is 0 Å². The normalized spacial score (nSPS) is 14.5.